The molecule has 3 aromatic rings. The van der Waals surface area contributed by atoms with E-state index in [-0.39, 0.29) is 6.01 Å². The number of methoxy groups -OCH3 is 1. The molecule has 0 atom stereocenters. The molecule has 0 N–H and O–H groups in total. The molecule has 7 heteroatoms. The Kier molecular flexibility index (Phi) is 4.32. The maximum absolute atomic E-state index is 12.8. The van der Waals surface area contributed by atoms with Gasteiger partial charge in [0.15, 0.2) is 5.82 Å². The molecule has 5 nitrogen and oxygen atoms in total. The monoisotopic (exact) mass is 347 g/mol. The lowest BCUT2D eigenvalue weighted by atomic mass is 10.2. The SMILES string of the molecule is COc1nc(-c2ccccc2)n(C(=O)c2cc(Cl)cc(Cl)c2)n1. The van der Waals surface area contributed by atoms with E-state index in [1.165, 1.54) is 23.9 Å². The first kappa shape index (κ1) is 15.5. The topological polar surface area (TPSA) is 57.0 Å². The second kappa shape index (κ2) is 6.40. The maximum Gasteiger partial charge on any atom is 0.336 e. The Hall–Kier alpha value is -2.37. The Balaban J connectivity index is 2.12. The van der Waals surface area contributed by atoms with E-state index < -0.39 is 5.91 Å². The molecule has 0 bridgehead atoms. The van der Waals surface area contributed by atoms with Crippen molar-refractivity contribution in [2.75, 3.05) is 7.11 Å². The molecule has 1 heterocycles. The molecule has 0 fully saturated rings. The summed E-state index contributed by atoms with van der Waals surface area (Å²) in [7, 11) is 1.44. The molecule has 0 saturated heterocycles. The number of hydrogen-bond donors (Lipinski definition) is 0. The summed E-state index contributed by atoms with van der Waals surface area (Å²) in [6.45, 7) is 0. The van der Waals surface area contributed by atoms with Crippen LogP contribution >= 0.6 is 23.2 Å². The summed E-state index contributed by atoms with van der Waals surface area (Å²) in [6.07, 6.45) is 0. The Bertz CT molecular complexity index is 843. The third kappa shape index (κ3) is 3.21. The van der Waals surface area contributed by atoms with Crippen molar-refractivity contribution in [3.05, 3.63) is 64.1 Å². The average molecular weight is 348 g/mol. The molecule has 1 aromatic heterocycles. The predicted molar refractivity (Wildman–Crippen MR) is 88.2 cm³/mol. The first-order chi connectivity index (χ1) is 11.1. The lowest BCUT2D eigenvalue weighted by molar-refractivity contribution is 0.0945. The van der Waals surface area contributed by atoms with Crippen molar-refractivity contribution in [1.29, 1.82) is 0 Å². The number of carbonyl (C=O) groups is 1. The van der Waals surface area contributed by atoms with Gasteiger partial charge < -0.3 is 4.74 Å². The van der Waals surface area contributed by atoms with Crippen molar-refractivity contribution in [2.45, 2.75) is 0 Å². The van der Waals surface area contributed by atoms with E-state index in [1.54, 1.807) is 6.07 Å². The van der Waals surface area contributed by atoms with E-state index in [2.05, 4.69) is 10.1 Å². The Morgan fingerprint density at radius 1 is 1.09 bits per heavy atom. The molecule has 0 unspecified atom stereocenters. The smallest absolute Gasteiger partial charge is 0.336 e. The lowest BCUT2D eigenvalue weighted by Crippen LogP contribution is -2.15. The number of benzene rings is 2. The fraction of sp³-hybridized carbons (Fsp3) is 0.0625. The van der Waals surface area contributed by atoms with Gasteiger partial charge in [-0.3, -0.25) is 4.79 Å². The van der Waals surface area contributed by atoms with E-state index in [0.717, 1.165) is 5.56 Å². The van der Waals surface area contributed by atoms with Gasteiger partial charge in [-0.15, -0.1) is 5.10 Å². The molecule has 3 rings (SSSR count). The molecule has 2 aromatic carbocycles. The summed E-state index contributed by atoms with van der Waals surface area (Å²) in [4.78, 5) is 17.0. The molecule has 0 spiro atoms. The normalized spacial score (nSPS) is 10.6. The quantitative estimate of drug-likeness (QED) is 0.719. The fourth-order valence-corrected chi connectivity index (χ4v) is 2.62. The van der Waals surface area contributed by atoms with Crippen LogP contribution in [0.4, 0.5) is 0 Å². The minimum Gasteiger partial charge on any atom is -0.466 e. The zero-order valence-electron chi connectivity index (χ0n) is 12.0. The van der Waals surface area contributed by atoms with Gasteiger partial charge in [-0.05, 0) is 18.2 Å². The molecule has 0 saturated carbocycles. The molecule has 0 radical (unpaired) electrons. The number of ether oxygens (including phenoxy) is 1. The second-order valence-corrected chi connectivity index (χ2v) is 5.54. The summed E-state index contributed by atoms with van der Waals surface area (Å²) >= 11 is 11.9. The van der Waals surface area contributed by atoms with Crippen LogP contribution in [-0.2, 0) is 0 Å². The average Bonchev–Trinajstić information content (AvgIpc) is 2.98. The van der Waals surface area contributed by atoms with Crippen LogP contribution in [0, 0.1) is 0 Å². The predicted octanol–water partition coefficient (Wildman–Crippen LogP) is 3.95. The van der Waals surface area contributed by atoms with Gasteiger partial charge in [-0.2, -0.15) is 9.67 Å². The zero-order valence-corrected chi connectivity index (χ0v) is 13.5. The maximum atomic E-state index is 12.8. The zero-order chi connectivity index (χ0) is 16.4. The molecule has 0 aliphatic rings. The number of aromatic nitrogens is 3. The molecular weight excluding hydrogens is 337 g/mol. The molecular formula is C16H11Cl2N3O2. The number of rotatable bonds is 3. The van der Waals surface area contributed by atoms with Gasteiger partial charge in [0.05, 0.1) is 7.11 Å². The van der Waals surface area contributed by atoms with Crippen molar-refractivity contribution in [2.24, 2.45) is 0 Å². The Morgan fingerprint density at radius 3 is 2.35 bits per heavy atom. The lowest BCUT2D eigenvalue weighted by Gasteiger charge is -2.05. The molecule has 116 valence electrons. The first-order valence-corrected chi connectivity index (χ1v) is 7.41. The number of carbonyl (C=O) groups excluding carboxylic acids is 1. The summed E-state index contributed by atoms with van der Waals surface area (Å²) < 4.78 is 6.22. The van der Waals surface area contributed by atoms with Crippen LogP contribution in [0.25, 0.3) is 11.4 Å². The highest BCUT2D eigenvalue weighted by atomic mass is 35.5. The second-order valence-electron chi connectivity index (χ2n) is 4.66. The van der Waals surface area contributed by atoms with Gasteiger partial charge in [0.2, 0.25) is 0 Å². The van der Waals surface area contributed by atoms with E-state index in [9.17, 15) is 4.79 Å². The Morgan fingerprint density at radius 2 is 1.74 bits per heavy atom. The Labute approximate surface area is 142 Å². The van der Waals surface area contributed by atoms with Crippen LogP contribution in [0.3, 0.4) is 0 Å². The van der Waals surface area contributed by atoms with Gasteiger partial charge in [-0.25, -0.2) is 0 Å². The van der Waals surface area contributed by atoms with E-state index in [4.69, 9.17) is 27.9 Å². The van der Waals surface area contributed by atoms with Crippen LogP contribution in [0.2, 0.25) is 10.0 Å². The minimum absolute atomic E-state index is 0.102. The van der Waals surface area contributed by atoms with Crippen LogP contribution in [0.5, 0.6) is 6.01 Å². The molecule has 0 amide bonds. The minimum atomic E-state index is -0.399. The highest BCUT2D eigenvalue weighted by Gasteiger charge is 2.20. The summed E-state index contributed by atoms with van der Waals surface area (Å²) in [5.41, 5.74) is 1.05. The van der Waals surface area contributed by atoms with Gasteiger partial charge >= 0.3 is 6.01 Å². The molecule has 0 aliphatic heterocycles. The highest BCUT2D eigenvalue weighted by molar-refractivity contribution is 6.35. The van der Waals surface area contributed by atoms with Crippen molar-refractivity contribution in [3.8, 4) is 17.4 Å². The van der Waals surface area contributed by atoms with Crippen LogP contribution in [0.1, 0.15) is 10.4 Å². The van der Waals surface area contributed by atoms with Crippen LogP contribution < -0.4 is 4.74 Å². The van der Waals surface area contributed by atoms with Crippen LogP contribution in [-0.4, -0.2) is 27.8 Å². The van der Waals surface area contributed by atoms with Crippen molar-refractivity contribution >= 4 is 29.1 Å². The number of hydrogen-bond acceptors (Lipinski definition) is 4. The third-order valence-electron chi connectivity index (χ3n) is 3.10. The standard InChI is InChI=1S/C16H11Cl2N3O2/c1-23-16-19-14(10-5-3-2-4-6-10)21(20-16)15(22)11-7-12(17)9-13(18)8-11/h2-9H,1H3. The van der Waals surface area contributed by atoms with Gasteiger partial charge in [-0.1, -0.05) is 53.5 Å². The molecule has 0 aliphatic carbocycles. The van der Waals surface area contributed by atoms with E-state index in [1.807, 2.05) is 30.3 Å². The van der Waals surface area contributed by atoms with Gasteiger partial charge in [0, 0.05) is 21.2 Å². The number of nitrogens with zero attached hydrogens (tertiary/aromatic N) is 3. The van der Waals surface area contributed by atoms with Gasteiger partial charge in [0.1, 0.15) is 0 Å². The van der Waals surface area contributed by atoms with Crippen molar-refractivity contribution < 1.29 is 9.53 Å². The van der Waals surface area contributed by atoms with E-state index >= 15 is 0 Å². The van der Waals surface area contributed by atoms with Crippen molar-refractivity contribution in [3.63, 3.8) is 0 Å². The number of halogens is 2. The summed E-state index contributed by atoms with van der Waals surface area (Å²) in [5, 5.41) is 4.83. The van der Waals surface area contributed by atoms with E-state index in [0.29, 0.717) is 21.4 Å². The summed E-state index contributed by atoms with van der Waals surface area (Å²) in [6, 6.07) is 13.9. The first-order valence-electron chi connectivity index (χ1n) is 6.66. The van der Waals surface area contributed by atoms with Crippen molar-refractivity contribution in [1.82, 2.24) is 14.8 Å². The molecule has 23 heavy (non-hydrogen) atoms. The fourth-order valence-electron chi connectivity index (χ4n) is 2.09. The van der Waals surface area contributed by atoms with Crippen LogP contribution in [0.15, 0.2) is 48.5 Å². The third-order valence-corrected chi connectivity index (χ3v) is 3.54. The largest absolute Gasteiger partial charge is 0.466 e. The van der Waals surface area contributed by atoms with Gasteiger partial charge in [0.25, 0.3) is 5.91 Å². The highest BCUT2D eigenvalue weighted by Crippen LogP contribution is 2.23. The summed E-state index contributed by atoms with van der Waals surface area (Å²) in [5.74, 6) is -0.0207.